The van der Waals surface area contributed by atoms with Gasteiger partial charge in [0.05, 0.1) is 21.9 Å². The predicted octanol–water partition coefficient (Wildman–Crippen LogP) is 3.50. The molecule has 6 nitrogen and oxygen atoms in total. The monoisotopic (exact) mass is 388 g/mol. The third-order valence-corrected chi connectivity index (χ3v) is 7.25. The van der Waals surface area contributed by atoms with Crippen LogP contribution in [0, 0.1) is 10.8 Å². The second-order valence-corrected chi connectivity index (χ2v) is 8.55. The van der Waals surface area contributed by atoms with E-state index < -0.39 is 0 Å². The fourth-order valence-corrected chi connectivity index (χ4v) is 4.79. The Kier molecular flexibility index (Phi) is 3.19. The molecule has 1 aromatic carbocycles. The summed E-state index contributed by atoms with van der Waals surface area (Å²) in [6, 6.07) is 5.73. The normalized spacial score (nSPS) is 30.0. The maximum Gasteiger partial charge on any atom is 0.202 e. The molecule has 5 rings (SSSR count). The standard InChI is InChI=1S/C18H18Cl2N6/c1-17-7-26(8-18(17,2)16(17)21)11-6-22-14-13(24-25-15(14)23-11)9-4-3-5-10(19)12(9)20/h3-6,16H,7-8,21H2,1-2H3,(H,23,24,25)/t16?,17-,18+. The quantitative estimate of drug-likeness (QED) is 0.701. The topological polar surface area (TPSA) is 83.7 Å². The Morgan fingerprint density at radius 1 is 1.23 bits per heavy atom. The molecule has 1 aliphatic carbocycles. The average molecular weight is 389 g/mol. The molecule has 0 amide bonds. The zero-order chi connectivity index (χ0) is 18.3. The number of H-pyrrole nitrogens is 1. The first-order valence-electron chi connectivity index (χ1n) is 8.51. The summed E-state index contributed by atoms with van der Waals surface area (Å²) in [4.78, 5) is 11.6. The second kappa shape index (κ2) is 5.09. The minimum Gasteiger partial charge on any atom is -0.354 e. The van der Waals surface area contributed by atoms with E-state index in [2.05, 4.69) is 33.9 Å². The van der Waals surface area contributed by atoms with E-state index in [4.69, 9.17) is 33.9 Å². The first-order valence-corrected chi connectivity index (χ1v) is 9.27. The zero-order valence-corrected chi connectivity index (χ0v) is 15.9. The molecule has 2 aliphatic rings. The second-order valence-electron chi connectivity index (χ2n) is 7.77. The molecule has 2 fully saturated rings. The summed E-state index contributed by atoms with van der Waals surface area (Å²) < 4.78 is 0. The van der Waals surface area contributed by atoms with Gasteiger partial charge in [-0.15, -0.1) is 0 Å². The van der Waals surface area contributed by atoms with Crippen LogP contribution < -0.4 is 10.6 Å². The Labute approximate surface area is 160 Å². The van der Waals surface area contributed by atoms with E-state index in [9.17, 15) is 0 Å². The molecule has 3 aromatic rings. The molecular formula is C18H18Cl2N6. The number of fused-ring (bicyclic) bond motifs is 2. The fourth-order valence-electron chi connectivity index (χ4n) is 4.39. The van der Waals surface area contributed by atoms with Gasteiger partial charge in [-0.3, -0.25) is 5.10 Å². The number of benzene rings is 1. The van der Waals surface area contributed by atoms with Gasteiger partial charge in [-0.25, -0.2) is 9.97 Å². The summed E-state index contributed by atoms with van der Waals surface area (Å²) in [7, 11) is 0. The number of hydrogen-bond acceptors (Lipinski definition) is 5. The van der Waals surface area contributed by atoms with Crippen molar-refractivity contribution in [2.45, 2.75) is 19.9 Å². The lowest BCUT2D eigenvalue weighted by atomic mass is 10.0. The van der Waals surface area contributed by atoms with Gasteiger partial charge in [-0.1, -0.05) is 49.2 Å². The summed E-state index contributed by atoms with van der Waals surface area (Å²) in [5.41, 5.74) is 9.28. The van der Waals surface area contributed by atoms with Crippen LogP contribution in [0.25, 0.3) is 22.4 Å². The van der Waals surface area contributed by atoms with Gasteiger partial charge in [0.2, 0.25) is 5.65 Å². The number of hydrogen-bond donors (Lipinski definition) is 2. The average Bonchev–Trinajstić information content (AvgIpc) is 2.99. The van der Waals surface area contributed by atoms with Crippen LogP contribution in [0.15, 0.2) is 24.4 Å². The molecule has 3 atom stereocenters. The van der Waals surface area contributed by atoms with Crippen molar-refractivity contribution in [1.82, 2.24) is 20.2 Å². The molecular weight excluding hydrogens is 371 g/mol. The van der Waals surface area contributed by atoms with Gasteiger partial charge < -0.3 is 10.6 Å². The minimum atomic E-state index is 0.148. The SMILES string of the molecule is C[C@@]12CN(c3cnc4c(-c5cccc(Cl)c5Cl)[nH]nc4n3)C[C@]1(C)C2N. The van der Waals surface area contributed by atoms with Crippen molar-refractivity contribution in [2.75, 3.05) is 18.0 Å². The number of anilines is 1. The number of piperidine rings is 1. The molecule has 0 bridgehead atoms. The molecule has 1 aliphatic heterocycles. The number of nitrogens with one attached hydrogen (secondary N) is 1. The summed E-state index contributed by atoms with van der Waals surface area (Å²) in [6.07, 6.45) is 1.79. The van der Waals surface area contributed by atoms with Gasteiger partial charge in [-0.05, 0) is 6.07 Å². The third kappa shape index (κ3) is 1.95. The Bertz CT molecular complexity index is 1030. The molecule has 0 radical (unpaired) electrons. The highest BCUT2D eigenvalue weighted by molar-refractivity contribution is 6.43. The highest BCUT2D eigenvalue weighted by Crippen LogP contribution is 2.66. The molecule has 3 heterocycles. The Balaban J connectivity index is 1.52. The Morgan fingerprint density at radius 3 is 2.69 bits per heavy atom. The summed E-state index contributed by atoms with van der Waals surface area (Å²) in [5, 5.41) is 8.29. The maximum absolute atomic E-state index is 6.34. The van der Waals surface area contributed by atoms with Gasteiger partial charge in [-0.2, -0.15) is 5.10 Å². The van der Waals surface area contributed by atoms with E-state index in [0.717, 1.165) is 30.2 Å². The van der Waals surface area contributed by atoms with E-state index >= 15 is 0 Å². The Hall–Kier alpha value is -1.89. The third-order valence-electron chi connectivity index (χ3n) is 6.43. The van der Waals surface area contributed by atoms with Crippen molar-refractivity contribution in [1.29, 1.82) is 0 Å². The summed E-state index contributed by atoms with van der Waals surface area (Å²) in [6.45, 7) is 6.28. The van der Waals surface area contributed by atoms with Crippen LogP contribution >= 0.6 is 23.2 Å². The van der Waals surface area contributed by atoms with Crippen LogP contribution in [0.3, 0.4) is 0 Å². The molecule has 1 unspecified atom stereocenters. The van der Waals surface area contributed by atoms with Crippen LogP contribution in [0.4, 0.5) is 5.82 Å². The highest BCUT2D eigenvalue weighted by atomic mass is 35.5. The zero-order valence-electron chi connectivity index (χ0n) is 14.4. The molecule has 1 saturated heterocycles. The van der Waals surface area contributed by atoms with Crippen molar-refractivity contribution in [3.8, 4) is 11.3 Å². The molecule has 8 heteroatoms. The molecule has 26 heavy (non-hydrogen) atoms. The van der Waals surface area contributed by atoms with Gasteiger partial charge in [0, 0.05) is 35.5 Å². The van der Waals surface area contributed by atoms with Gasteiger partial charge in [0.1, 0.15) is 11.3 Å². The van der Waals surface area contributed by atoms with Crippen LogP contribution in [-0.2, 0) is 0 Å². The van der Waals surface area contributed by atoms with Gasteiger partial charge in [0.25, 0.3) is 0 Å². The lowest BCUT2D eigenvalue weighted by Gasteiger charge is -2.22. The number of nitrogens with zero attached hydrogens (tertiary/aromatic N) is 4. The van der Waals surface area contributed by atoms with Crippen LogP contribution in [-0.4, -0.2) is 39.3 Å². The number of rotatable bonds is 2. The van der Waals surface area contributed by atoms with E-state index in [-0.39, 0.29) is 16.9 Å². The number of aromatic nitrogens is 4. The van der Waals surface area contributed by atoms with Crippen molar-refractivity contribution < 1.29 is 0 Å². The number of aromatic amines is 1. The minimum absolute atomic E-state index is 0.148. The molecule has 3 N–H and O–H groups in total. The van der Waals surface area contributed by atoms with Crippen molar-refractivity contribution in [3.05, 3.63) is 34.4 Å². The van der Waals surface area contributed by atoms with Crippen LogP contribution in [0.2, 0.25) is 10.0 Å². The summed E-state index contributed by atoms with van der Waals surface area (Å²) >= 11 is 12.5. The van der Waals surface area contributed by atoms with Crippen molar-refractivity contribution in [2.24, 2.45) is 16.6 Å². The van der Waals surface area contributed by atoms with E-state index in [0.29, 0.717) is 21.2 Å². The highest BCUT2D eigenvalue weighted by Gasteiger charge is 2.73. The maximum atomic E-state index is 6.34. The largest absolute Gasteiger partial charge is 0.354 e. The van der Waals surface area contributed by atoms with E-state index in [1.165, 1.54) is 0 Å². The lowest BCUT2D eigenvalue weighted by Crippen LogP contribution is -2.33. The molecule has 134 valence electrons. The van der Waals surface area contributed by atoms with E-state index in [1.807, 2.05) is 12.1 Å². The molecule has 0 spiro atoms. The van der Waals surface area contributed by atoms with Crippen molar-refractivity contribution >= 4 is 40.2 Å². The molecule has 1 saturated carbocycles. The van der Waals surface area contributed by atoms with E-state index in [1.54, 1.807) is 12.3 Å². The van der Waals surface area contributed by atoms with Gasteiger partial charge in [0.15, 0.2) is 0 Å². The first-order chi connectivity index (χ1) is 12.3. The van der Waals surface area contributed by atoms with Gasteiger partial charge >= 0.3 is 0 Å². The molecule has 2 aromatic heterocycles. The Morgan fingerprint density at radius 2 is 1.96 bits per heavy atom. The first kappa shape index (κ1) is 16.3. The van der Waals surface area contributed by atoms with Crippen LogP contribution in [0.5, 0.6) is 0 Å². The van der Waals surface area contributed by atoms with Crippen molar-refractivity contribution in [3.63, 3.8) is 0 Å². The summed E-state index contributed by atoms with van der Waals surface area (Å²) in [5.74, 6) is 0.828. The number of halogens is 2. The smallest absolute Gasteiger partial charge is 0.202 e. The van der Waals surface area contributed by atoms with Crippen LogP contribution in [0.1, 0.15) is 13.8 Å². The predicted molar refractivity (Wildman–Crippen MR) is 104 cm³/mol. The number of nitrogens with two attached hydrogens (primary N) is 1. The lowest BCUT2D eigenvalue weighted by molar-refractivity contribution is 0.494. The fraction of sp³-hybridized carbons (Fsp3) is 0.389.